The van der Waals surface area contributed by atoms with Crippen LogP contribution in [0.25, 0.3) is 11.2 Å². The van der Waals surface area contributed by atoms with E-state index < -0.39 is 8.07 Å². The molecule has 2 aromatic heterocycles. The van der Waals surface area contributed by atoms with E-state index in [-0.39, 0.29) is 11.5 Å². The smallest absolute Gasteiger partial charge is 0.293 e. The summed E-state index contributed by atoms with van der Waals surface area (Å²) in [5.74, 6) is 0.935. The van der Waals surface area contributed by atoms with Crippen molar-refractivity contribution in [3.8, 4) is 0 Å². The van der Waals surface area contributed by atoms with Gasteiger partial charge in [-0.2, -0.15) is 0 Å². The van der Waals surface area contributed by atoms with Crippen molar-refractivity contribution in [2.45, 2.75) is 90.4 Å². The summed E-state index contributed by atoms with van der Waals surface area (Å²) in [6, 6.07) is 1.12. The molecule has 2 aromatic rings. The maximum Gasteiger partial charge on any atom is 0.293 e. The number of fused-ring (bicyclic) bond motifs is 1. The lowest BCUT2D eigenvalue weighted by Gasteiger charge is -2.22. The Morgan fingerprint density at radius 3 is 2.59 bits per heavy atom. The molecule has 0 radical (unpaired) electrons. The first-order chi connectivity index (χ1) is 17.5. The van der Waals surface area contributed by atoms with Gasteiger partial charge in [0, 0.05) is 33.3 Å². The average molecular weight is 532 g/mol. The molecule has 2 aliphatic rings. The number of ether oxygens (including phenoxy) is 2. The van der Waals surface area contributed by atoms with Crippen molar-refractivity contribution in [2.75, 3.05) is 26.2 Å². The maximum absolute atomic E-state index is 13.0. The Hall–Kier alpha value is -2.30. The van der Waals surface area contributed by atoms with Crippen molar-refractivity contribution >= 4 is 31.6 Å². The van der Waals surface area contributed by atoms with Crippen LogP contribution in [0.4, 0.5) is 0 Å². The summed E-state index contributed by atoms with van der Waals surface area (Å²) in [5.41, 5.74) is 2.73. The van der Waals surface area contributed by atoms with E-state index in [1.807, 2.05) is 37.7 Å². The third-order valence-corrected chi connectivity index (χ3v) is 8.11. The topological polar surface area (TPSA) is 107 Å². The zero-order valence-electron chi connectivity index (χ0n) is 23.4. The Balaban J connectivity index is 0.000000479. The van der Waals surface area contributed by atoms with Gasteiger partial charge in [-0.25, -0.2) is 9.97 Å². The van der Waals surface area contributed by atoms with E-state index in [0.717, 1.165) is 56.3 Å². The van der Waals surface area contributed by atoms with Crippen molar-refractivity contribution in [3.63, 3.8) is 0 Å². The molecule has 0 spiro atoms. The van der Waals surface area contributed by atoms with Gasteiger partial charge in [0.25, 0.3) is 12.4 Å². The molecular formula is C27H45N5O4Si. The van der Waals surface area contributed by atoms with Crippen molar-refractivity contribution < 1.29 is 19.1 Å². The molecule has 2 fully saturated rings. The van der Waals surface area contributed by atoms with Gasteiger partial charge < -0.3 is 24.7 Å². The molecular weight excluding hydrogens is 486 g/mol. The molecule has 1 aliphatic carbocycles. The summed E-state index contributed by atoms with van der Waals surface area (Å²) in [6.45, 7) is 16.8. The molecule has 9 nitrogen and oxygen atoms in total. The second-order valence-electron chi connectivity index (χ2n) is 12.4. The van der Waals surface area contributed by atoms with Gasteiger partial charge in [-0.1, -0.05) is 19.6 Å². The van der Waals surface area contributed by atoms with Gasteiger partial charge in [-0.05, 0) is 71.5 Å². The molecule has 0 aromatic carbocycles. The molecule has 37 heavy (non-hydrogen) atoms. The molecule has 3 heterocycles. The first kappa shape index (κ1) is 29.3. The van der Waals surface area contributed by atoms with E-state index in [2.05, 4.69) is 40.0 Å². The second-order valence-corrected chi connectivity index (χ2v) is 18.0. The van der Waals surface area contributed by atoms with E-state index in [1.165, 1.54) is 6.42 Å². The summed E-state index contributed by atoms with van der Waals surface area (Å²) >= 11 is 0. The van der Waals surface area contributed by atoms with Gasteiger partial charge in [0.05, 0.1) is 17.5 Å². The Labute approximate surface area is 222 Å². The number of aromatic nitrogens is 3. The molecule has 206 valence electrons. The molecule has 10 heteroatoms. The summed E-state index contributed by atoms with van der Waals surface area (Å²) in [5, 5.41) is 6.54. The molecule has 1 unspecified atom stereocenters. The third kappa shape index (κ3) is 9.83. The lowest BCUT2D eigenvalue weighted by atomic mass is 10.00. The molecule has 1 saturated heterocycles. The van der Waals surface area contributed by atoms with Crippen molar-refractivity contribution in [1.29, 1.82) is 0 Å². The van der Waals surface area contributed by atoms with Crippen molar-refractivity contribution in [1.82, 2.24) is 25.2 Å². The fourth-order valence-corrected chi connectivity index (χ4v) is 4.78. The van der Waals surface area contributed by atoms with Crippen LogP contribution in [0, 0.1) is 5.92 Å². The zero-order valence-corrected chi connectivity index (χ0v) is 24.4. The summed E-state index contributed by atoms with van der Waals surface area (Å²) in [7, 11) is -1.13. The maximum atomic E-state index is 13.0. The minimum atomic E-state index is -1.13. The van der Waals surface area contributed by atoms with E-state index in [0.29, 0.717) is 42.7 Å². The number of nitrogens with zero attached hydrogens (tertiary/aromatic N) is 3. The van der Waals surface area contributed by atoms with Gasteiger partial charge in [0.1, 0.15) is 17.8 Å². The second kappa shape index (κ2) is 13.0. The lowest BCUT2D eigenvalue weighted by molar-refractivity contribution is -0.138. The number of hydrogen-bond donors (Lipinski definition) is 2. The molecule has 4 rings (SSSR count). The van der Waals surface area contributed by atoms with Crippen LogP contribution in [0.2, 0.25) is 25.7 Å². The SMILES string of the molecule is CC(C)(C)OC=O.C[Si](C)(C)CCOCn1cc(C(=O)NCC2CCCNC2)c2nc(C3CC3)cnc21. The van der Waals surface area contributed by atoms with Crippen LogP contribution < -0.4 is 10.6 Å². The van der Waals surface area contributed by atoms with Crippen LogP contribution in [0.15, 0.2) is 12.4 Å². The third-order valence-electron chi connectivity index (χ3n) is 6.40. The highest BCUT2D eigenvalue weighted by Gasteiger charge is 2.27. The molecule has 1 amide bonds. The Morgan fingerprint density at radius 1 is 1.27 bits per heavy atom. The van der Waals surface area contributed by atoms with Gasteiger partial charge in [0.2, 0.25) is 0 Å². The molecule has 1 saturated carbocycles. The molecule has 2 N–H and O–H groups in total. The Morgan fingerprint density at radius 2 is 2.03 bits per heavy atom. The first-order valence-corrected chi connectivity index (χ1v) is 17.2. The summed E-state index contributed by atoms with van der Waals surface area (Å²) in [6.07, 6.45) is 8.39. The molecule has 1 aliphatic heterocycles. The van der Waals surface area contributed by atoms with E-state index in [9.17, 15) is 9.59 Å². The predicted molar refractivity (Wildman–Crippen MR) is 148 cm³/mol. The fourth-order valence-electron chi connectivity index (χ4n) is 4.02. The fraction of sp³-hybridized carbons (Fsp3) is 0.704. The quantitative estimate of drug-likeness (QED) is 0.267. The van der Waals surface area contributed by atoms with E-state index in [1.54, 1.807) is 0 Å². The van der Waals surface area contributed by atoms with Crippen LogP contribution in [0.3, 0.4) is 0 Å². The molecule has 1 atom stereocenters. The standard InChI is InChI=1S/C22H35N5O2Si.C5H10O2/c1-30(2,3)10-9-29-15-27-14-18(22(28)25-12-16-5-4-8-23-11-16)20-21(27)24-13-19(26-20)17-6-7-17;1-5(2,3)7-4-6/h13-14,16-17,23H,4-12,15H2,1-3H3,(H,25,28);4H,1-3H3. The van der Waals surface area contributed by atoms with Crippen LogP contribution in [0.1, 0.15) is 68.4 Å². The highest BCUT2D eigenvalue weighted by molar-refractivity contribution is 6.76. The monoisotopic (exact) mass is 531 g/mol. The number of nitrogens with one attached hydrogen (secondary N) is 2. The molecule has 0 bridgehead atoms. The van der Waals surface area contributed by atoms with Crippen molar-refractivity contribution in [2.24, 2.45) is 5.92 Å². The first-order valence-electron chi connectivity index (χ1n) is 13.5. The average Bonchev–Trinajstić information content (AvgIpc) is 3.62. The van der Waals surface area contributed by atoms with E-state index >= 15 is 0 Å². The summed E-state index contributed by atoms with van der Waals surface area (Å²) in [4.78, 5) is 32.1. The minimum absolute atomic E-state index is 0.0614. The van der Waals surface area contributed by atoms with Gasteiger partial charge in [0.15, 0.2) is 5.65 Å². The number of piperidine rings is 1. The highest BCUT2D eigenvalue weighted by Crippen LogP contribution is 2.39. The lowest BCUT2D eigenvalue weighted by Crippen LogP contribution is -2.38. The van der Waals surface area contributed by atoms with Crippen LogP contribution in [-0.2, 0) is 21.0 Å². The Kier molecular flexibility index (Phi) is 10.3. The van der Waals surface area contributed by atoms with Crippen LogP contribution >= 0.6 is 0 Å². The number of carbonyl (C=O) groups is 2. The number of rotatable bonds is 10. The normalized spacial score (nSPS) is 18.2. The van der Waals surface area contributed by atoms with Crippen LogP contribution in [-0.4, -0.2) is 66.8 Å². The number of hydrogen-bond acceptors (Lipinski definition) is 7. The minimum Gasteiger partial charge on any atom is -0.462 e. The van der Waals surface area contributed by atoms with Crippen molar-refractivity contribution in [3.05, 3.63) is 23.7 Å². The number of amides is 1. The largest absolute Gasteiger partial charge is 0.462 e. The zero-order chi connectivity index (χ0) is 27.1. The Bertz CT molecular complexity index is 1030. The van der Waals surface area contributed by atoms with Gasteiger partial charge >= 0.3 is 0 Å². The van der Waals surface area contributed by atoms with Crippen LogP contribution in [0.5, 0.6) is 0 Å². The number of carbonyl (C=O) groups excluding carboxylic acids is 2. The summed E-state index contributed by atoms with van der Waals surface area (Å²) < 4.78 is 12.4. The predicted octanol–water partition coefficient (Wildman–Crippen LogP) is 4.31. The highest BCUT2D eigenvalue weighted by atomic mass is 28.3. The van der Waals surface area contributed by atoms with E-state index in [4.69, 9.17) is 9.72 Å². The van der Waals surface area contributed by atoms with Gasteiger partial charge in [-0.15, -0.1) is 0 Å². The van der Waals surface area contributed by atoms with Gasteiger partial charge in [-0.3, -0.25) is 9.59 Å².